The van der Waals surface area contributed by atoms with Gasteiger partial charge in [-0.3, -0.25) is 4.79 Å². The number of aromatic nitrogens is 1. The summed E-state index contributed by atoms with van der Waals surface area (Å²) in [5.41, 5.74) is 0.482. The number of hydrogen-bond acceptors (Lipinski definition) is 3. The highest BCUT2D eigenvalue weighted by Crippen LogP contribution is 2.29. The summed E-state index contributed by atoms with van der Waals surface area (Å²) >= 11 is 0. The van der Waals surface area contributed by atoms with Crippen molar-refractivity contribution in [2.24, 2.45) is 0 Å². The molecule has 1 fully saturated rings. The molecule has 0 aliphatic carbocycles. The maximum atomic E-state index is 12.5. The minimum absolute atomic E-state index is 0.0391. The molecule has 0 aromatic carbocycles. The fraction of sp³-hybridized carbons (Fsp3) is 0.571. The van der Waals surface area contributed by atoms with Crippen molar-refractivity contribution in [2.45, 2.75) is 39.2 Å². The number of amides is 1. The zero-order valence-corrected chi connectivity index (χ0v) is 11.4. The van der Waals surface area contributed by atoms with Crippen LogP contribution in [0.1, 0.15) is 44.1 Å². The van der Waals surface area contributed by atoms with E-state index in [9.17, 15) is 4.79 Å². The van der Waals surface area contributed by atoms with E-state index in [1.807, 2.05) is 24.0 Å². The predicted octanol–water partition coefficient (Wildman–Crippen LogP) is 2.53. The number of hydrogen-bond donors (Lipinski definition) is 1. The molecule has 1 aromatic heterocycles. The first-order valence-electron chi connectivity index (χ1n) is 6.57. The third-order valence-corrected chi connectivity index (χ3v) is 3.47. The number of likely N-dealkylation sites (tertiary alicyclic amines) is 1. The summed E-state index contributed by atoms with van der Waals surface area (Å²) in [6.45, 7) is 7.89. The number of pyridine rings is 1. The van der Waals surface area contributed by atoms with Gasteiger partial charge in [0, 0.05) is 18.6 Å². The Labute approximate surface area is 108 Å². The summed E-state index contributed by atoms with van der Waals surface area (Å²) in [5, 5.41) is 3.13. The lowest BCUT2D eigenvalue weighted by molar-refractivity contribution is 0.0646. The van der Waals surface area contributed by atoms with Gasteiger partial charge in [0.1, 0.15) is 11.5 Å². The summed E-state index contributed by atoms with van der Waals surface area (Å²) in [6.07, 6.45) is 2.14. The highest BCUT2D eigenvalue weighted by Gasteiger charge is 2.36. The number of nitrogens with one attached hydrogen (secondary N) is 1. The Hall–Kier alpha value is -1.58. The molecule has 0 bridgehead atoms. The number of rotatable bonds is 3. The molecule has 1 saturated heterocycles. The average Bonchev–Trinajstić information content (AvgIpc) is 2.69. The van der Waals surface area contributed by atoms with Crippen molar-refractivity contribution in [1.82, 2.24) is 9.88 Å². The van der Waals surface area contributed by atoms with Crippen molar-refractivity contribution in [3.05, 3.63) is 23.9 Å². The van der Waals surface area contributed by atoms with Crippen LogP contribution in [0.25, 0.3) is 0 Å². The smallest absolute Gasteiger partial charge is 0.272 e. The standard InChI is InChI=1S/C14H21N3O/c1-4-15-12-8-5-7-11(16-12)13(18)17-10-6-9-14(17,2)3/h5,7-8H,4,6,9-10H2,1-3H3,(H,15,16). The second-order valence-corrected chi connectivity index (χ2v) is 5.31. The van der Waals surface area contributed by atoms with Crippen molar-refractivity contribution in [1.29, 1.82) is 0 Å². The third-order valence-electron chi connectivity index (χ3n) is 3.47. The Kier molecular flexibility index (Phi) is 3.55. The third kappa shape index (κ3) is 2.47. The fourth-order valence-corrected chi connectivity index (χ4v) is 2.46. The van der Waals surface area contributed by atoms with Gasteiger partial charge in [0.25, 0.3) is 5.91 Å². The van der Waals surface area contributed by atoms with E-state index in [4.69, 9.17) is 0 Å². The normalized spacial score (nSPS) is 17.8. The van der Waals surface area contributed by atoms with E-state index in [-0.39, 0.29) is 11.4 Å². The lowest BCUT2D eigenvalue weighted by atomic mass is 10.0. The molecule has 1 N–H and O–H groups in total. The largest absolute Gasteiger partial charge is 0.370 e. The molecule has 0 unspecified atom stereocenters. The molecule has 4 nitrogen and oxygen atoms in total. The van der Waals surface area contributed by atoms with Crippen LogP contribution in [0.5, 0.6) is 0 Å². The molecule has 1 aliphatic heterocycles. The first kappa shape index (κ1) is 12.9. The van der Waals surface area contributed by atoms with E-state index < -0.39 is 0 Å². The van der Waals surface area contributed by atoms with Gasteiger partial charge in [0.15, 0.2) is 0 Å². The minimum Gasteiger partial charge on any atom is -0.370 e. The zero-order chi connectivity index (χ0) is 13.2. The summed E-state index contributed by atoms with van der Waals surface area (Å²) < 4.78 is 0. The molecule has 0 radical (unpaired) electrons. The number of anilines is 1. The number of carbonyl (C=O) groups excluding carboxylic acids is 1. The van der Waals surface area contributed by atoms with E-state index in [1.54, 1.807) is 6.07 Å². The SMILES string of the molecule is CCNc1cccc(C(=O)N2CCCC2(C)C)n1. The summed E-state index contributed by atoms with van der Waals surface area (Å²) in [6, 6.07) is 5.55. The van der Waals surface area contributed by atoms with E-state index in [0.29, 0.717) is 5.69 Å². The van der Waals surface area contributed by atoms with E-state index in [0.717, 1.165) is 31.7 Å². The lowest BCUT2D eigenvalue weighted by Gasteiger charge is -2.31. The van der Waals surface area contributed by atoms with Crippen LogP contribution < -0.4 is 5.32 Å². The molecule has 0 saturated carbocycles. The second kappa shape index (κ2) is 4.96. The van der Waals surface area contributed by atoms with Crippen molar-refractivity contribution in [2.75, 3.05) is 18.4 Å². The molecule has 0 atom stereocenters. The van der Waals surface area contributed by atoms with E-state index in [2.05, 4.69) is 24.1 Å². The van der Waals surface area contributed by atoms with Gasteiger partial charge in [-0.25, -0.2) is 4.98 Å². The van der Waals surface area contributed by atoms with Gasteiger partial charge in [0.05, 0.1) is 0 Å². The van der Waals surface area contributed by atoms with Gasteiger partial charge in [-0.1, -0.05) is 6.07 Å². The molecule has 2 heterocycles. The van der Waals surface area contributed by atoms with Crippen LogP contribution >= 0.6 is 0 Å². The topological polar surface area (TPSA) is 45.2 Å². The van der Waals surface area contributed by atoms with Gasteiger partial charge in [0.2, 0.25) is 0 Å². The molecule has 1 aromatic rings. The van der Waals surface area contributed by atoms with Crippen LogP contribution in [-0.4, -0.2) is 34.4 Å². The monoisotopic (exact) mass is 247 g/mol. The van der Waals surface area contributed by atoms with Crippen LogP contribution in [0.2, 0.25) is 0 Å². The number of nitrogens with zero attached hydrogens (tertiary/aromatic N) is 2. The Morgan fingerprint density at radius 2 is 2.28 bits per heavy atom. The van der Waals surface area contributed by atoms with Crippen molar-refractivity contribution in [3.63, 3.8) is 0 Å². The zero-order valence-electron chi connectivity index (χ0n) is 11.4. The first-order valence-corrected chi connectivity index (χ1v) is 6.57. The second-order valence-electron chi connectivity index (χ2n) is 5.31. The van der Waals surface area contributed by atoms with Crippen LogP contribution in [0.3, 0.4) is 0 Å². The van der Waals surface area contributed by atoms with Gasteiger partial charge in [-0.15, -0.1) is 0 Å². The summed E-state index contributed by atoms with van der Waals surface area (Å²) in [7, 11) is 0. The van der Waals surface area contributed by atoms with Crippen LogP contribution in [0.4, 0.5) is 5.82 Å². The fourth-order valence-electron chi connectivity index (χ4n) is 2.46. The minimum atomic E-state index is -0.0487. The molecule has 0 spiro atoms. The average molecular weight is 247 g/mol. The molecule has 4 heteroatoms. The van der Waals surface area contributed by atoms with Crippen LogP contribution in [0.15, 0.2) is 18.2 Å². The molecule has 2 rings (SSSR count). The molecule has 1 amide bonds. The van der Waals surface area contributed by atoms with Gasteiger partial charge >= 0.3 is 0 Å². The Bertz CT molecular complexity index is 442. The molecule has 1 aliphatic rings. The van der Waals surface area contributed by atoms with Crippen molar-refractivity contribution < 1.29 is 4.79 Å². The quantitative estimate of drug-likeness (QED) is 0.892. The van der Waals surface area contributed by atoms with Gasteiger partial charge in [-0.05, 0) is 45.7 Å². The maximum Gasteiger partial charge on any atom is 0.272 e. The van der Waals surface area contributed by atoms with Gasteiger partial charge in [-0.2, -0.15) is 0 Å². The Morgan fingerprint density at radius 1 is 1.50 bits per heavy atom. The summed E-state index contributed by atoms with van der Waals surface area (Å²) in [4.78, 5) is 18.8. The summed E-state index contributed by atoms with van der Waals surface area (Å²) in [5.74, 6) is 0.803. The highest BCUT2D eigenvalue weighted by molar-refractivity contribution is 5.93. The Balaban J connectivity index is 2.20. The van der Waals surface area contributed by atoms with Crippen LogP contribution in [0, 0.1) is 0 Å². The van der Waals surface area contributed by atoms with E-state index in [1.165, 1.54) is 0 Å². The first-order chi connectivity index (χ1) is 8.54. The van der Waals surface area contributed by atoms with E-state index >= 15 is 0 Å². The van der Waals surface area contributed by atoms with Gasteiger partial charge < -0.3 is 10.2 Å². The van der Waals surface area contributed by atoms with Crippen molar-refractivity contribution >= 4 is 11.7 Å². The van der Waals surface area contributed by atoms with Crippen molar-refractivity contribution in [3.8, 4) is 0 Å². The van der Waals surface area contributed by atoms with Crippen LogP contribution in [-0.2, 0) is 0 Å². The molecule has 98 valence electrons. The molecular weight excluding hydrogens is 226 g/mol. The lowest BCUT2D eigenvalue weighted by Crippen LogP contribution is -2.43. The highest BCUT2D eigenvalue weighted by atomic mass is 16.2. The number of carbonyl (C=O) groups is 1. The molecular formula is C14H21N3O. The predicted molar refractivity (Wildman–Crippen MR) is 72.8 cm³/mol. The Morgan fingerprint density at radius 3 is 2.89 bits per heavy atom. The molecule has 18 heavy (non-hydrogen) atoms. The maximum absolute atomic E-state index is 12.5.